The van der Waals surface area contributed by atoms with Crippen molar-refractivity contribution in [2.45, 2.75) is 4.90 Å². The Hall–Kier alpha value is -2.49. The number of rotatable bonds is 4. The molecular weight excluding hydrogens is 325 g/mol. The number of aromatic carboxylic acids is 1. The maximum atomic E-state index is 13.9. The van der Waals surface area contributed by atoms with Crippen LogP contribution in [-0.2, 0) is 17.1 Å². The number of nitrogens with zero attached hydrogens (tertiary/aromatic N) is 1. The number of carboxylic acid groups (broad SMARTS) is 1. The van der Waals surface area contributed by atoms with Crippen LogP contribution in [-0.4, -0.2) is 24.1 Å². The molecule has 0 saturated carbocycles. The molecule has 10 heteroatoms. The van der Waals surface area contributed by atoms with Crippen molar-refractivity contribution in [1.29, 1.82) is 0 Å². The molecule has 2 rings (SSSR count). The van der Waals surface area contributed by atoms with Gasteiger partial charge in [0.1, 0.15) is 17.3 Å². The first-order valence-electron chi connectivity index (χ1n) is 5.70. The summed E-state index contributed by atoms with van der Waals surface area (Å²) in [5.41, 5.74) is -1.53. The number of carboxylic acids is 1. The van der Waals surface area contributed by atoms with Crippen LogP contribution < -0.4 is 4.72 Å². The Morgan fingerprint density at radius 3 is 2.23 bits per heavy atom. The molecule has 1 aromatic carbocycles. The topological polar surface area (TPSA) is 88.4 Å². The van der Waals surface area contributed by atoms with Gasteiger partial charge in [0.05, 0.1) is 0 Å². The van der Waals surface area contributed by atoms with Crippen molar-refractivity contribution in [1.82, 2.24) is 4.57 Å². The smallest absolute Gasteiger partial charge is 0.355 e. The van der Waals surface area contributed by atoms with Crippen LogP contribution in [0.4, 0.5) is 18.9 Å². The molecule has 0 unspecified atom stereocenters. The molecule has 6 nitrogen and oxygen atoms in total. The quantitative estimate of drug-likeness (QED) is 0.894. The molecule has 118 valence electrons. The molecular formula is C12H9F3N2O4S. The lowest BCUT2D eigenvalue weighted by Crippen LogP contribution is -2.17. The third kappa shape index (κ3) is 2.64. The molecule has 0 atom stereocenters. The Kier molecular flexibility index (Phi) is 3.88. The molecule has 1 heterocycles. The predicted molar refractivity (Wildman–Crippen MR) is 69.5 cm³/mol. The average Bonchev–Trinajstić information content (AvgIpc) is 2.62. The van der Waals surface area contributed by atoms with Gasteiger partial charge in [0.2, 0.25) is 0 Å². The van der Waals surface area contributed by atoms with E-state index in [1.807, 2.05) is 0 Å². The highest BCUT2D eigenvalue weighted by molar-refractivity contribution is 7.92. The van der Waals surface area contributed by atoms with Crippen molar-refractivity contribution >= 4 is 21.7 Å². The van der Waals surface area contributed by atoms with E-state index in [1.165, 1.54) is 7.05 Å². The highest BCUT2D eigenvalue weighted by Gasteiger charge is 2.28. The van der Waals surface area contributed by atoms with Crippen LogP contribution in [0.15, 0.2) is 29.3 Å². The van der Waals surface area contributed by atoms with E-state index in [-0.39, 0.29) is 0 Å². The average molecular weight is 334 g/mol. The molecule has 0 saturated heterocycles. The molecule has 0 bridgehead atoms. The minimum absolute atomic E-state index is 0.724. The second-order valence-electron chi connectivity index (χ2n) is 4.28. The van der Waals surface area contributed by atoms with Crippen LogP contribution in [0, 0.1) is 17.5 Å². The maximum Gasteiger partial charge on any atom is 0.355 e. The standard InChI is InChI=1S/C12H9F3N2O4S/c1-17-5-8(9(15)10(17)12(18)19)16-22(20,21)11-6(13)3-2-4-7(11)14/h2-5,16H,1H3,(H,18,19). The van der Waals surface area contributed by atoms with Crippen molar-refractivity contribution in [2.75, 3.05) is 4.72 Å². The lowest BCUT2D eigenvalue weighted by Gasteiger charge is -2.08. The van der Waals surface area contributed by atoms with Crippen molar-refractivity contribution in [3.05, 3.63) is 47.5 Å². The lowest BCUT2D eigenvalue weighted by molar-refractivity contribution is 0.0681. The van der Waals surface area contributed by atoms with E-state index in [1.54, 1.807) is 4.72 Å². The number of sulfonamides is 1. The number of anilines is 1. The highest BCUT2D eigenvalue weighted by atomic mass is 32.2. The molecule has 22 heavy (non-hydrogen) atoms. The number of aromatic nitrogens is 1. The number of nitrogens with one attached hydrogen (secondary N) is 1. The number of hydrogen-bond donors (Lipinski definition) is 2. The molecule has 0 spiro atoms. The van der Waals surface area contributed by atoms with Gasteiger partial charge in [-0.2, -0.15) is 0 Å². The third-order valence-electron chi connectivity index (χ3n) is 2.75. The van der Waals surface area contributed by atoms with E-state index in [0.29, 0.717) is 0 Å². The fraction of sp³-hybridized carbons (Fsp3) is 0.0833. The van der Waals surface area contributed by atoms with E-state index in [9.17, 15) is 26.4 Å². The van der Waals surface area contributed by atoms with Crippen LogP contribution in [0.1, 0.15) is 10.5 Å². The SMILES string of the molecule is Cn1cc(NS(=O)(=O)c2c(F)cccc2F)c(F)c1C(=O)O. The first-order valence-corrected chi connectivity index (χ1v) is 7.18. The van der Waals surface area contributed by atoms with Gasteiger partial charge in [-0.05, 0) is 12.1 Å². The summed E-state index contributed by atoms with van der Waals surface area (Å²) in [6.45, 7) is 0. The van der Waals surface area contributed by atoms with Crippen LogP contribution in [0.2, 0.25) is 0 Å². The Morgan fingerprint density at radius 1 is 1.23 bits per heavy atom. The minimum Gasteiger partial charge on any atom is -0.476 e. The minimum atomic E-state index is -4.77. The van der Waals surface area contributed by atoms with Gasteiger partial charge >= 0.3 is 5.97 Å². The summed E-state index contributed by atoms with van der Waals surface area (Å²) >= 11 is 0. The lowest BCUT2D eigenvalue weighted by atomic mass is 10.3. The Balaban J connectivity index is 2.51. The van der Waals surface area contributed by atoms with Gasteiger partial charge in [0.25, 0.3) is 10.0 Å². The van der Waals surface area contributed by atoms with Gasteiger partial charge in [-0.1, -0.05) is 6.07 Å². The zero-order valence-corrected chi connectivity index (χ0v) is 11.8. The number of benzene rings is 1. The van der Waals surface area contributed by atoms with Gasteiger partial charge in [-0.25, -0.2) is 26.4 Å². The second kappa shape index (κ2) is 5.37. The van der Waals surface area contributed by atoms with Gasteiger partial charge in [0.15, 0.2) is 16.4 Å². The number of carbonyl (C=O) groups is 1. The second-order valence-corrected chi connectivity index (χ2v) is 5.90. The van der Waals surface area contributed by atoms with Gasteiger partial charge in [0, 0.05) is 13.2 Å². The van der Waals surface area contributed by atoms with Crippen LogP contribution in [0.3, 0.4) is 0 Å². The van der Waals surface area contributed by atoms with Crippen molar-refractivity contribution in [3.8, 4) is 0 Å². The van der Waals surface area contributed by atoms with Gasteiger partial charge in [-0.15, -0.1) is 0 Å². The van der Waals surface area contributed by atoms with E-state index in [4.69, 9.17) is 5.11 Å². The molecule has 0 aliphatic heterocycles. The van der Waals surface area contributed by atoms with E-state index >= 15 is 0 Å². The molecule has 2 N–H and O–H groups in total. The molecule has 0 aliphatic rings. The first-order chi connectivity index (χ1) is 10.1. The highest BCUT2D eigenvalue weighted by Crippen LogP contribution is 2.25. The Labute approximate surface area is 122 Å². The van der Waals surface area contributed by atoms with Crippen LogP contribution >= 0.6 is 0 Å². The summed E-state index contributed by atoms with van der Waals surface area (Å²) in [7, 11) is -3.60. The Bertz CT molecular complexity index is 841. The van der Waals surface area contributed by atoms with E-state index in [0.717, 1.165) is 29.0 Å². The zero-order chi connectivity index (χ0) is 16.7. The van der Waals surface area contributed by atoms with E-state index in [2.05, 4.69) is 0 Å². The normalized spacial score (nSPS) is 11.5. The van der Waals surface area contributed by atoms with Gasteiger partial charge in [-0.3, -0.25) is 4.72 Å². The number of aryl methyl sites for hydroxylation is 1. The molecule has 1 aromatic heterocycles. The molecule has 0 radical (unpaired) electrons. The van der Waals surface area contributed by atoms with Gasteiger partial charge < -0.3 is 9.67 Å². The van der Waals surface area contributed by atoms with Crippen molar-refractivity contribution in [2.24, 2.45) is 7.05 Å². The Morgan fingerprint density at radius 2 is 1.77 bits per heavy atom. The predicted octanol–water partition coefficient (Wildman–Crippen LogP) is 1.94. The molecule has 2 aromatic rings. The van der Waals surface area contributed by atoms with Crippen molar-refractivity contribution in [3.63, 3.8) is 0 Å². The molecule has 0 aliphatic carbocycles. The summed E-state index contributed by atoms with van der Waals surface area (Å²) in [5, 5.41) is 8.81. The third-order valence-corrected chi connectivity index (χ3v) is 4.17. The zero-order valence-electron chi connectivity index (χ0n) is 11.0. The fourth-order valence-electron chi connectivity index (χ4n) is 1.85. The van der Waals surface area contributed by atoms with E-state index < -0.39 is 49.7 Å². The summed E-state index contributed by atoms with van der Waals surface area (Å²) in [6.07, 6.45) is 0.842. The molecule has 0 fully saturated rings. The fourth-order valence-corrected chi connectivity index (χ4v) is 3.03. The molecule has 0 amide bonds. The number of halogens is 3. The maximum absolute atomic E-state index is 13.9. The largest absolute Gasteiger partial charge is 0.476 e. The first kappa shape index (κ1) is 15.9. The van der Waals surface area contributed by atoms with Crippen molar-refractivity contribution < 1.29 is 31.5 Å². The summed E-state index contributed by atoms with van der Waals surface area (Å²) in [6, 6.07) is 2.42. The number of hydrogen-bond acceptors (Lipinski definition) is 3. The monoisotopic (exact) mass is 334 g/mol. The summed E-state index contributed by atoms with van der Waals surface area (Å²) in [5.74, 6) is -5.71. The summed E-state index contributed by atoms with van der Waals surface area (Å²) < 4.78 is 67.3. The summed E-state index contributed by atoms with van der Waals surface area (Å²) in [4.78, 5) is 9.56. The van der Waals surface area contributed by atoms with Crippen LogP contribution in [0.25, 0.3) is 0 Å². The van der Waals surface area contributed by atoms with Crippen LogP contribution in [0.5, 0.6) is 0 Å².